The summed E-state index contributed by atoms with van der Waals surface area (Å²) in [5, 5.41) is 6.36. The molecular weight excluding hydrogens is 193 g/mol. The van der Waals surface area contributed by atoms with Crippen molar-refractivity contribution in [1.82, 2.24) is 10.2 Å². The summed E-state index contributed by atoms with van der Waals surface area (Å²) in [5.74, 6) is 0.114. The summed E-state index contributed by atoms with van der Waals surface area (Å²) in [6.07, 6.45) is 1.53. The number of hydrogen-bond acceptors (Lipinski definition) is 2. The van der Waals surface area contributed by atoms with Crippen molar-refractivity contribution in [3.8, 4) is 11.1 Å². The van der Waals surface area contributed by atoms with Crippen LogP contribution in [0.15, 0.2) is 18.3 Å². The van der Waals surface area contributed by atoms with Crippen LogP contribution in [0.5, 0.6) is 0 Å². The molecule has 3 N–H and O–H groups in total. The number of nitrogens with two attached hydrogens (primary N) is 1. The van der Waals surface area contributed by atoms with E-state index in [-0.39, 0.29) is 5.82 Å². The van der Waals surface area contributed by atoms with Crippen LogP contribution in [0.2, 0.25) is 0 Å². The van der Waals surface area contributed by atoms with Gasteiger partial charge in [0.15, 0.2) is 0 Å². The van der Waals surface area contributed by atoms with Crippen LogP contribution < -0.4 is 5.73 Å². The number of H-pyrrole nitrogens is 1. The molecule has 0 unspecified atom stereocenters. The molecule has 0 amide bonds. The molecule has 0 fully saturated rings. The average molecular weight is 205 g/mol. The number of anilines is 1. The number of nitrogens with zero attached hydrogens (tertiary/aromatic N) is 1. The van der Waals surface area contributed by atoms with Gasteiger partial charge in [-0.15, -0.1) is 0 Å². The maximum absolute atomic E-state index is 13.7. The fourth-order valence-electron chi connectivity index (χ4n) is 1.50. The molecule has 0 saturated heterocycles. The highest BCUT2D eigenvalue weighted by atomic mass is 19.1. The Bertz CT molecular complexity index is 503. The zero-order valence-corrected chi connectivity index (χ0v) is 8.63. The van der Waals surface area contributed by atoms with Gasteiger partial charge in [0.05, 0.1) is 6.20 Å². The van der Waals surface area contributed by atoms with Crippen molar-refractivity contribution in [2.24, 2.45) is 0 Å². The Morgan fingerprint density at radius 1 is 1.20 bits per heavy atom. The minimum atomic E-state index is -0.272. The van der Waals surface area contributed by atoms with Crippen LogP contribution in [-0.4, -0.2) is 10.2 Å². The minimum absolute atomic E-state index is 0.272. The normalized spacial score (nSPS) is 10.6. The molecule has 0 radical (unpaired) electrons. The van der Waals surface area contributed by atoms with Crippen LogP contribution in [0.3, 0.4) is 0 Å². The molecule has 0 spiro atoms. The van der Waals surface area contributed by atoms with E-state index in [2.05, 4.69) is 10.2 Å². The lowest BCUT2D eigenvalue weighted by Gasteiger charge is -2.06. The van der Waals surface area contributed by atoms with E-state index in [1.54, 1.807) is 6.07 Å². The molecule has 1 aromatic heterocycles. The largest absolute Gasteiger partial charge is 0.384 e. The van der Waals surface area contributed by atoms with Crippen LogP contribution in [-0.2, 0) is 0 Å². The Morgan fingerprint density at radius 3 is 2.47 bits per heavy atom. The lowest BCUT2D eigenvalue weighted by molar-refractivity contribution is 0.629. The van der Waals surface area contributed by atoms with Gasteiger partial charge < -0.3 is 5.73 Å². The molecule has 78 valence electrons. The number of aromatic amines is 1. The van der Waals surface area contributed by atoms with Gasteiger partial charge >= 0.3 is 0 Å². The Kier molecular flexibility index (Phi) is 2.19. The Balaban J connectivity index is 2.64. The molecular formula is C11H12FN3. The SMILES string of the molecule is Cc1cc(F)c(-c2cn[nH]c2N)cc1C. The van der Waals surface area contributed by atoms with Crippen molar-refractivity contribution in [3.63, 3.8) is 0 Å². The van der Waals surface area contributed by atoms with Crippen LogP contribution in [0.25, 0.3) is 11.1 Å². The average Bonchev–Trinajstić information content (AvgIpc) is 2.58. The number of benzene rings is 1. The van der Waals surface area contributed by atoms with E-state index in [1.807, 2.05) is 13.8 Å². The Morgan fingerprint density at radius 2 is 1.87 bits per heavy atom. The first-order valence-corrected chi connectivity index (χ1v) is 4.65. The summed E-state index contributed by atoms with van der Waals surface area (Å²) in [5.41, 5.74) is 8.71. The van der Waals surface area contributed by atoms with Crippen molar-refractivity contribution in [3.05, 3.63) is 35.3 Å². The van der Waals surface area contributed by atoms with E-state index in [9.17, 15) is 4.39 Å². The lowest BCUT2D eigenvalue weighted by Crippen LogP contribution is -1.92. The van der Waals surface area contributed by atoms with E-state index in [0.717, 1.165) is 11.1 Å². The molecule has 2 aromatic rings. The number of nitrogen functional groups attached to an aromatic ring is 1. The minimum Gasteiger partial charge on any atom is -0.384 e. The maximum Gasteiger partial charge on any atom is 0.131 e. The molecule has 3 nitrogen and oxygen atoms in total. The zero-order chi connectivity index (χ0) is 11.0. The van der Waals surface area contributed by atoms with Gasteiger partial charge in [-0.25, -0.2) is 4.39 Å². The highest BCUT2D eigenvalue weighted by Crippen LogP contribution is 2.28. The lowest BCUT2D eigenvalue weighted by atomic mass is 10.0. The number of rotatable bonds is 1. The van der Waals surface area contributed by atoms with Crippen molar-refractivity contribution < 1.29 is 4.39 Å². The smallest absolute Gasteiger partial charge is 0.131 e. The number of nitrogens with one attached hydrogen (secondary N) is 1. The fourth-order valence-corrected chi connectivity index (χ4v) is 1.50. The quantitative estimate of drug-likeness (QED) is 0.751. The summed E-state index contributed by atoms with van der Waals surface area (Å²) in [6, 6.07) is 3.29. The number of aryl methyl sites for hydroxylation is 2. The monoisotopic (exact) mass is 205 g/mol. The van der Waals surface area contributed by atoms with Crippen LogP contribution >= 0.6 is 0 Å². The highest BCUT2D eigenvalue weighted by Gasteiger charge is 2.11. The van der Waals surface area contributed by atoms with Crippen molar-refractivity contribution in [2.45, 2.75) is 13.8 Å². The van der Waals surface area contributed by atoms with Gasteiger partial charge in [0, 0.05) is 11.1 Å². The van der Waals surface area contributed by atoms with Crippen molar-refractivity contribution in [2.75, 3.05) is 5.73 Å². The molecule has 15 heavy (non-hydrogen) atoms. The highest BCUT2D eigenvalue weighted by molar-refractivity contribution is 5.74. The van der Waals surface area contributed by atoms with E-state index < -0.39 is 0 Å². The van der Waals surface area contributed by atoms with Gasteiger partial charge in [-0.1, -0.05) is 0 Å². The molecule has 0 aliphatic rings. The second-order valence-electron chi connectivity index (χ2n) is 3.61. The van der Waals surface area contributed by atoms with Crippen LogP contribution in [0.4, 0.5) is 10.2 Å². The summed E-state index contributed by atoms with van der Waals surface area (Å²) in [6.45, 7) is 3.81. The third-order valence-corrected chi connectivity index (χ3v) is 2.54. The molecule has 1 heterocycles. The molecule has 4 heteroatoms. The molecule has 0 aliphatic heterocycles. The van der Waals surface area contributed by atoms with Gasteiger partial charge in [-0.05, 0) is 37.1 Å². The third kappa shape index (κ3) is 1.58. The fraction of sp³-hybridized carbons (Fsp3) is 0.182. The number of hydrogen-bond donors (Lipinski definition) is 2. The van der Waals surface area contributed by atoms with Gasteiger partial charge in [0.25, 0.3) is 0 Å². The number of halogens is 1. The van der Waals surface area contributed by atoms with E-state index in [0.29, 0.717) is 16.9 Å². The topological polar surface area (TPSA) is 54.7 Å². The van der Waals surface area contributed by atoms with Crippen LogP contribution in [0, 0.1) is 19.7 Å². The molecule has 1 aromatic carbocycles. The summed E-state index contributed by atoms with van der Waals surface area (Å²) >= 11 is 0. The molecule has 2 rings (SSSR count). The Hall–Kier alpha value is -1.84. The first-order valence-electron chi connectivity index (χ1n) is 4.65. The summed E-state index contributed by atoms with van der Waals surface area (Å²) < 4.78 is 13.7. The van der Waals surface area contributed by atoms with Gasteiger partial charge in [0.2, 0.25) is 0 Å². The third-order valence-electron chi connectivity index (χ3n) is 2.54. The van der Waals surface area contributed by atoms with Gasteiger partial charge in [-0.2, -0.15) is 5.10 Å². The zero-order valence-electron chi connectivity index (χ0n) is 8.63. The van der Waals surface area contributed by atoms with Crippen molar-refractivity contribution in [1.29, 1.82) is 0 Å². The number of aromatic nitrogens is 2. The predicted octanol–water partition coefficient (Wildman–Crippen LogP) is 2.41. The predicted molar refractivity (Wildman–Crippen MR) is 57.9 cm³/mol. The van der Waals surface area contributed by atoms with E-state index in [1.165, 1.54) is 12.3 Å². The first-order chi connectivity index (χ1) is 7.09. The molecule has 0 bridgehead atoms. The first kappa shape index (κ1) is 9.71. The van der Waals surface area contributed by atoms with E-state index in [4.69, 9.17) is 5.73 Å². The molecule has 0 saturated carbocycles. The Labute approximate surface area is 87.1 Å². The van der Waals surface area contributed by atoms with Gasteiger partial charge in [0.1, 0.15) is 11.6 Å². The van der Waals surface area contributed by atoms with Crippen LogP contribution in [0.1, 0.15) is 11.1 Å². The second-order valence-corrected chi connectivity index (χ2v) is 3.61. The van der Waals surface area contributed by atoms with E-state index >= 15 is 0 Å². The summed E-state index contributed by atoms with van der Waals surface area (Å²) in [4.78, 5) is 0. The maximum atomic E-state index is 13.7. The molecule has 0 aliphatic carbocycles. The van der Waals surface area contributed by atoms with Crippen molar-refractivity contribution >= 4 is 5.82 Å². The molecule has 0 atom stereocenters. The van der Waals surface area contributed by atoms with Gasteiger partial charge in [-0.3, -0.25) is 5.10 Å². The summed E-state index contributed by atoms with van der Waals surface area (Å²) in [7, 11) is 0. The second kappa shape index (κ2) is 3.38. The standard InChI is InChI=1S/C11H12FN3/c1-6-3-8(10(12)4-7(6)2)9-5-14-15-11(9)13/h3-5H,1-2H3,(H3,13,14,15).